The van der Waals surface area contributed by atoms with Crippen LogP contribution in [0.3, 0.4) is 0 Å². The first kappa shape index (κ1) is 14.7. The van der Waals surface area contributed by atoms with Crippen LogP contribution in [-0.4, -0.2) is 18.2 Å². The normalized spacial score (nSPS) is 20.4. The summed E-state index contributed by atoms with van der Waals surface area (Å²) in [6.45, 7) is 6.89. The minimum Gasteiger partial charge on any atom is -0.374 e. The van der Waals surface area contributed by atoms with E-state index in [0.29, 0.717) is 6.61 Å². The van der Waals surface area contributed by atoms with Gasteiger partial charge in [0.15, 0.2) is 0 Å². The molecular formula is C14H28N2O. The summed E-state index contributed by atoms with van der Waals surface area (Å²) >= 11 is 0. The molecule has 0 saturated carbocycles. The second-order valence-electron chi connectivity index (χ2n) is 5.87. The van der Waals surface area contributed by atoms with Crippen LogP contribution in [0.2, 0.25) is 0 Å². The predicted molar refractivity (Wildman–Crippen MR) is 72.6 cm³/mol. The van der Waals surface area contributed by atoms with Crippen molar-refractivity contribution in [1.82, 2.24) is 5.43 Å². The molecule has 1 unspecified atom stereocenters. The fourth-order valence-corrected chi connectivity index (χ4v) is 2.13. The molecule has 1 rings (SSSR count). The highest BCUT2D eigenvalue weighted by molar-refractivity contribution is 5.11. The maximum atomic E-state index is 5.82. The van der Waals surface area contributed by atoms with Crippen LogP contribution in [0.5, 0.6) is 0 Å². The fourth-order valence-electron chi connectivity index (χ4n) is 2.13. The first-order valence-corrected chi connectivity index (χ1v) is 6.82. The minimum absolute atomic E-state index is 0.0999. The van der Waals surface area contributed by atoms with Gasteiger partial charge in [-0.1, -0.05) is 24.5 Å². The van der Waals surface area contributed by atoms with Gasteiger partial charge in [-0.3, -0.25) is 11.3 Å². The number of nitrogens with two attached hydrogens (primary N) is 1. The van der Waals surface area contributed by atoms with E-state index in [0.717, 1.165) is 6.42 Å². The molecule has 0 bridgehead atoms. The third-order valence-electron chi connectivity index (χ3n) is 3.16. The van der Waals surface area contributed by atoms with Gasteiger partial charge in [-0.25, -0.2) is 0 Å². The summed E-state index contributed by atoms with van der Waals surface area (Å²) in [5.41, 5.74) is 4.23. The minimum atomic E-state index is -0.0999. The molecule has 17 heavy (non-hydrogen) atoms. The second kappa shape index (κ2) is 7.14. The van der Waals surface area contributed by atoms with E-state index in [4.69, 9.17) is 10.6 Å². The van der Waals surface area contributed by atoms with Gasteiger partial charge in [0, 0.05) is 0 Å². The molecule has 0 aromatic heterocycles. The zero-order valence-electron chi connectivity index (χ0n) is 11.6. The monoisotopic (exact) mass is 240 g/mol. The van der Waals surface area contributed by atoms with Gasteiger partial charge in [0.2, 0.25) is 0 Å². The Labute approximate surface area is 106 Å². The number of ether oxygens (including phenoxy) is 1. The van der Waals surface area contributed by atoms with Crippen LogP contribution in [0.4, 0.5) is 0 Å². The SMILES string of the molecule is CC(C)(C)OCC(NN)C1=CCCCCCC1. The van der Waals surface area contributed by atoms with Crippen LogP contribution in [0, 0.1) is 0 Å². The maximum absolute atomic E-state index is 5.82. The lowest BCUT2D eigenvalue weighted by molar-refractivity contribution is -0.0105. The van der Waals surface area contributed by atoms with Crippen molar-refractivity contribution in [3.8, 4) is 0 Å². The summed E-state index contributed by atoms with van der Waals surface area (Å²) < 4.78 is 5.82. The lowest BCUT2D eigenvalue weighted by Crippen LogP contribution is -2.42. The van der Waals surface area contributed by atoms with Gasteiger partial charge < -0.3 is 4.74 Å². The third kappa shape index (κ3) is 6.20. The molecule has 0 radical (unpaired) electrons. The molecule has 3 N–H and O–H groups in total. The lowest BCUT2D eigenvalue weighted by atomic mass is 9.95. The van der Waals surface area contributed by atoms with Gasteiger partial charge in [0.1, 0.15) is 0 Å². The van der Waals surface area contributed by atoms with Crippen LogP contribution in [-0.2, 0) is 4.74 Å². The Morgan fingerprint density at radius 3 is 2.65 bits per heavy atom. The Balaban J connectivity index is 2.52. The van der Waals surface area contributed by atoms with Crippen molar-refractivity contribution < 1.29 is 4.74 Å². The van der Waals surface area contributed by atoms with Crippen LogP contribution >= 0.6 is 0 Å². The van der Waals surface area contributed by atoms with Gasteiger partial charge in [-0.15, -0.1) is 0 Å². The molecule has 1 aliphatic carbocycles. The Bertz CT molecular complexity index is 243. The number of rotatable bonds is 4. The maximum Gasteiger partial charge on any atom is 0.0678 e. The molecule has 0 aromatic carbocycles. The van der Waals surface area contributed by atoms with Crippen LogP contribution in [0.15, 0.2) is 11.6 Å². The smallest absolute Gasteiger partial charge is 0.0678 e. The summed E-state index contributed by atoms with van der Waals surface area (Å²) in [4.78, 5) is 0. The Morgan fingerprint density at radius 1 is 1.29 bits per heavy atom. The lowest BCUT2D eigenvalue weighted by Gasteiger charge is -2.26. The molecule has 0 aliphatic heterocycles. The average molecular weight is 240 g/mol. The number of nitrogens with one attached hydrogen (secondary N) is 1. The van der Waals surface area contributed by atoms with E-state index < -0.39 is 0 Å². The largest absolute Gasteiger partial charge is 0.374 e. The summed E-state index contributed by atoms with van der Waals surface area (Å²) in [5, 5.41) is 0. The van der Waals surface area contributed by atoms with E-state index in [1.54, 1.807) is 0 Å². The summed E-state index contributed by atoms with van der Waals surface area (Å²) in [6, 6.07) is 0.173. The highest BCUT2D eigenvalue weighted by Crippen LogP contribution is 2.20. The molecule has 100 valence electrons. The van der Waals surface area contributed by atoms with Crippen molar-refractivity contribution in [3.05, 3.63) is 11.6 Å². The average Bonchev–Trinajstić information content (AvgIpc) is 2.19. The standard InChI is InChI=1S/C14H28N2O/c1-14(2,3)17-11-13(16-15)12-9-7-5-4-6-8-10-12/h9,13,16H,4-8,10-11,15H2,1-3H3. The van der Waals surface area contributed by atoms with Crippen LogP contribution in [0.25, 0.3) is 0 Å². The first-order chi connectivity index (χ1) is 8.03. The first-order valence-electron chi connectivity index (χ1n) is 6.82. The molecule has 1 aliphatic rings. The zero-order chi connectivity index (χ0) is 12.7. The molecule has 3 heteroatoms. The molecule has 0 amide bonds. The second-order valence-corrected chi connectivity index (χ2v) is 5.87. The van der Waals surface area contributed by atoms with E-state index in [1.165, 1.54) is 37.7 Å². The number of hydrogen-bond donors (Lipinski definition) is 2. The quantitative estimate of drug-likeness (QED) is 0.451. The van der Waals surface area contributed by atoms with Crippen molar-refractivity contribution >= 4 is 0 Å². The zero-order valence-corrected chi connectivity index (χ0v) is 11.6. The molecular weight excluding hydrogens is 212 g/mol. The Kier molecular flexibility index (Phi) is 6.17. The van der Waals surface area contributed by atoms with Crippen molar-refractivity contribution in [1.29, 1.82) is 0 Å². The summed E-state index contributed by atoms with van der Waals surface area (Å²) in [5.74, 6) is 5.65. The highest BCUT2D eigenvalue weighted by Gasteiger charge is 2.18. The van der Waals surface area contributed by atoms with Crippen molar-refractivity contribution in [3.63, 3.8) is 0 Å². The Hall–Kier alpha value is -0.380. The van der Waals surface area contributed by atoms with E-state index in [2.05, 4.69) is 32.3 Å². The topological polar surface area (TPSA) is 47.3 Å². The van der Waals surface area contributed by atoms with Crippen LogP contribution < -0.4 is 11.3 Å². The molecule has 1 atom stereocenters. The third-order valence-corrected chi connectivity index (χ3v) is 3.16. The molecule has 3 nitrogen and oxygen atoms in total. The van der Waals surface area contributed by atoms with Crippen molar-refractivity contribution in [2.45, 2.75) is 70.9 Å². The highest BCUT2D eigenvalue weighted by atomic mass is 16.5. The number of hydrogen-bond acceptors (Lipinski definition) is 3. The molecule has 0 spiro atoms. The number of allylic oxidation sites excluding steroid dienone is 1. The van der Waals surface area contributed by atoms with Crippen LogP contribution in [0.1, 0.15) is 59.3 Å². The van der Waals surface area contributed by atoms with E-state index in [-0.39, 0.29) is 11.6 Å². The van der Waals surface area contributed by atoms with Gasteiger partial charge in [-0.2, -0.15) is 0 Å². The van der Waals surface area contributed by atoms with Gasteiger partial charge in [0.05, 0.1) is 18.2 Å². The molecule has 0 fully saturated rings. The fraction of sp³-hybridized carbons (Fsp3) is 0.857. The summed E-state index contributed by atoms with van der Waals surface area (Å²) in [7, 11) is 0. The predicted octanol–water partition coefficient (Wildman–Crippen LogP) is 2.91. The van der Waals surface area contributed by atoms with Crippen molar-refractivity contribution in [2.24, 2.45) is 5.84 Å². The van der Waals surface area contributed by atoms with Crippen molar-refractivity contribution in [2.75, 3.05) is 6.61 Å². The van der Waals surface area contributed by atoms with Gasteiger partial charge in [-0.05, 0) is 46.5 Å². The van der Waals surface area contributed by atoms with E-state index in [1.807, 2.05) is 0 Å². The Morgan fingerprint density at radius 2 is 2.00 bits per heavy atom. The number of hydrazine groups is 1. The molecule has 0 heterocycles. The van der Waals surface area contributed by atoms with E-state index in [9.17, 15) is 0 Å². The van der Waals surface area contributed by atoms with Gasteiger partial charge >= 0.3 is 0 Å². The van der Waals surface area contributed by atoms with Gasteiger partial charge in [0.25, 0.3) is 0 Å². The molecule has 0 aromatic rings. The van der Waals surface area contributed by atoms with E-state index >= 15 is 0 Å². The summed E-state index contributed by atoms with van der Waals surface area (Å²) in [6.07, 6.45) is 9.99. The molecule has 0 saturated heterocycles.